The zero-order valence-corrected chi connectivity index (χ0v) is 10.1. The van der Waals surface area contributed by atoms with Gasteiger partial charge in [0, 0.05) is 18.9 Å². The zero-order chi connectivity index (χ0) is 12.4. The molecule has 0 unspecified atom stereocenters. The molecule has 17 heavy (non-hydrogen) atoms. The standard InChI is InChI=1S/C13H16N2O2/c1-9-11-8-10(4-3-5-13(16)17)6-7-12(11)15(2)14-9/h6-8H,3-5H2,1-2H3,(H,16,17). The number of aliphatic carboxylic acids is 1. The Kier molecular flexibility index (Phi) is 3.13. The molecule has 0 bridgehead atoms. The summed E-state index contributed by atoms with van der Waals surface area (Å²) in [5, 5.41) is 14.1. The van der Waals surface area contributed by atoms with Crippen molar-refractivity contribution in [2.75, 3.05) is 0 Å². The zero-order valence-electron chi connectivity index (χ0n) is 10.1. The molecule has 0 saturated heterocycles. The summed E-state index contributed by atoms with van der Waals surface area (Å²) in [6.07, 6.45) is 1.71. The maximum absolute atomic E-state index is 10.4. The fourth-order valence-electron chi connectivity index (χ4n) is 2.09. The van der Waals surface area contributed by atoms with Crippen molar-refractivity contribution in [2.45, 2.75) is 26.2 Å². The molecule has 1 N–H and O–H groups in total. The summed E-state index contributed by atoms with van der Waals surface area (Å²) >= 11 is 0. The molecular weight excluding hydrogens is 216 g/mol. The fraction of sp³-hybridized carbons (Fsp3) is 0.385. The Morgan fingerprint density at radius 3 is 2.94 bits per heavy atom. The normalized spacial score (nSPS) is 10.9. The molecule has 0 saturated carbocycles. The average Bonchev–Trinajstić information content (AvgIpc) is 2.54. The molecular formula is C13H16N2O2. The van der Waals surface area contributed by atoms with Crippen molar-refractivity contribution in [3.63, 3.8) is 0 Å². The van der Waals surface area contributed by atoms with E-state index in [0.717, 1.165) is 23.0 Å². The summed E-state index contributed by atoms with van der Waals surface area (Å²) in [5.41, 5.74) is 3.31. The lowest BCUT2D eigenvalue weighted by molar-refractivity contribution is -0.137. The SMILES string of the molecule is Cc1nn(C)c2ccc(CCCC(=O)O)cc12. The van der Waals surface area contributed by atoms with Crippen LogP contribution >= 0.6 is 0 Å². The van der Waals surface area contributed by atoms with Crippen molar-refractivity contribution in [3.05, 3.63) is 29.5 Å². The maximum atomic E-state index is 10.4. The highest BCUT2D eigenvalue weighted by Crippen LogP contribution is 2.19. The number of carboxylic acid groups (broad SMARTS) is 1. The number of aromatic nitrogens is 2. The van der Waals surface area contributed by atoms with Crippen LogP contribution in [-0.2, 0) is 18.3 Å². The number of aryl methyl sites for hydroxylation is 3. The summed E-state index contributed by atoms with van der Waals surface area (Å²) in [5.74, 6) is -0.733. The molecule has 2 aromatic rings. The minimum absolute atomic E-state index is 0.226. The van der Waals surface area contributed by atoms with E-state index in [9.17, 15) is 4.79 Å². The third-order valence-electron chi connectivity index (χ3n) is 2.96. The molecule has 0 aliphatic carbocycles. The van der Waals surface area contributed by atoms with Crippen LogP contribution in [0, 0.1) is 6.92 Å². The smallest absolute Gasteiger partial charge is 0.303 e. The third kappa shape index (κ3) is 2.46. The third-order valence-corrected chi connectivity index (χ3v) is 2.96. The number of hydrogen-bond donors (Lipinski definition) is 1. The van der Waals surface area contributed by atoms with Gasteiger partial charge in [-0.15, -0.1) is 0 Å². The molecule has 0 aliphatic heterocycles. The summed E-state index contributed by atoms with van der Waals surface area (Å²) in [4.78, 5) is 10.4. The number of hydrogen-bond acceptors (Lipinski definition) is 2. The van der Waals surface area contributed by atoms with Gasteiger partial charge in [-0.3, -0.25) is 9.48 Å². The molecule has 0 spiro atoms. The van der Waals surface area contributed by atoms with Crippen LogP contribution in [0.3, 0.4) is 0 Å². The predicted octanol–water partition coefficient (Wildman–Crippen LogP) is 2.29. The number of carboxylic acids is 1. The molecule has 0 atom stereocenters. The fourth-order valence-corrected chi connectivity index (χ4v) is 2.09. The Labute approximate surface area is 99.9 Å². The van der Waals surface area contributed by atoms with Crippen LogP contribution in [0.2, 0.25) is 0 Å². The highest BCUT2D eigenvalue weighted by atomic mass is 16.4. The minimum Gasteiger partial charge on any atom is -0.481 e. The van der Waals surface area contributed by atoms with E-state index >= 15 is 0 Å². The van der Waals surface area contributed by atoms with Crippen molar-refractivity contribution in [2.24, 2.45) is 7.05 Å². The van der Waals surface area contributed by atoms with Crippen LogP contribution in [0.4, 0.5) is 0 Å². The Morgan fingerprint density at radius 1 is 1.47 bits per heavy atom. The number of nitrogens with zero attached hydrogens (tertiary/aromatic N) is 2. The van der Waals surface area contributed by atoms with Crippen LogP contribution in [0.25, 0.3) is 10.9 Å². The summed E-state index contributed by atoms with van der Waals surface area (Å²) in [7, 11) is 1.93. The predicted molar refractivity (Wildman–Crippen MR) is 66.0 cm³/mol. The van der Waals surface area contributed by atoms with Gasteiger partial charge in [0.25, 0.3) is 0 Å². The van der Waals surface area contributed by atoms with Gasteiger partial charge in [-0.2, -0.15) is 5.10 Å². The second-order valence-corrected chi connectivity index (χ2v) is 4.31. The second-order valence-electron chi connectivity index (χ2n) is 4.31. The van der Waals surface area contributed by atoms with Crippen molar-refractivity contribution in [1.82, 2.24) is 9.78 Å². The number of rotatable bonds is 4. The second kappa shape index (κ2) is 4.57. The molecule has 1 heterocycles. The van der Waals surface area contributed by atoms with Crippen molar-refractivity contribution < 1.29 is 9.90 Å². The summed E-state index contributed by atoms with van der Waals surface area (Å²) in [6.45, 7) is 1.99. The quantitative estimate of drug-likeness (QED) is 0.879. The molecule has 1 aromatic heterocycles. The minimum atomic E-state index is -0.733. The number of benzene rings is 1. The van der Waals surface area contributed by atoms with E-state index in [-0.39, 0.29) is 6.42 Å². The van der Waals surface area contributed by atoms with Crippen LogP contribution in [0.5, 0.6) is 0 Å². The largest absolute Gasteiger partial charge is 0.481 e. The average molecular weight is 232 g/mol. The van der Waals surface area contributed by atoms with Gasteiger partial charge in [-0.25, -0.2) is 0 Å². The monoisotopic (exact) mass is 232 g/mol. The van der Waals surface area contributed by atoms with Crippen molar-refractivity contribution in [1.29, 1.82) is 0 Å². The summed E-state index contributed by atoms with van der Waals surface area (Å²) in [6, 6.07) is 6.20. The van der Waals surface area contributed by atoms with E-state index in [1.807, 2.05) is 30.8 Å². The van der Waals surface area contributed by atoms with Gasteiger partial charge in [0.15, 0.2) is 0 Å². The number of carbonyl (C=O) groups is 1. The Hall–Kier alpha value is -1.84. The highest BCUT2D eigenvalue weighted by Gasteiger charge is 2.05. The first-order chi connectivity index (χ1) is 8.08. The summed E-state index contributed by atoms with van der Waals surface area (Å²) < 4.78 is 1.87. The topological polar surface area (TPSA) is 55.1 Å². The van der Waals surface area contributed by atoms with Gasteiger partial charge in [-0.05, 0) is 37.5 Å². The lowest BCUT2D eigenvalue weighted by Crippen LogP contribution is -1.96. The maximum Gasteiger partial charge on any atom is 0.303 e. The van der Waals surface area contributed by atoms with Gasteiger partial charge in [0.1, 0.15) is 0 Å². The van der Waals surface area contributed by atoms with E-state index < -0.39 is 5.97 Å². The van der Waals surface area contributed by atoms with Gasteiger partial charge in [-0.1, -0.05) is 6.07 Å². The highest BCUT2D eigenvalue weighted by molar-refractivity contribution is 5.82. The van der Waals surface area contributed by atoms with Crippen LogP contribution in [-0.4, -0.2) is 20.9 Å². The lowest BCUT2D eigenvalue weighted by atomic mass is 10.1. The molecule has 0 amide bonds. The molecule has 0 radical (unpaired) electrons. The molecule has 0 fully saturated rings. The van der Waals surface area contributed by atoms with Gasteiger partial charge >= 0.3 is 5.97 Å². The van der Waals surface area contributed by atoms with E-state index in [4.69, 9.17) is 5.11 Å². The molecule has 0 aliphatic rings. The Bertz CT molecular complexity index is 558. The number of fused-ring (bicyclic) bond motifs is 1. The van der Waals surface area contributed by atoms with Crippen molar-refractivity contribution in [3.8, 4) is 0 Å². The molecule has 1 aromatic carbocycles. The molecule has 4 nitrogen and oxygen atoms in total. The van der Waals surface area contributed by atoms with E-state index in [1.54, 1.807) is 0 Å². The van der Waals surface area contributed by atoms with E-state index in [1.165, 1.54) is 5.56 Å². The first-order valence-corrected chi connectivity index (χ1v) is 5.72. The Balaban J connectivity index is 2.19. The van der Waals surface area contributed by atoms with Crippen LogP contribution in [0.1, 0.15) is 24.1 Å². The lowest BCUT2D eigenvalue weighted by Gasteiger charge is -2.01. The first-order valence-electron chi connectivity index (χ1n) is 5.72. The van der Waals surface area contributed by atoms with Gasteiger partial charge in [0.2, 0.25) is 0 Å². The Morgan fingerprint density at radius 2 is 2.24 bits per heavy atom. The molecule has 90 valence electrons. The van der Waals surface area contributed by atoms with Crippen LogP contribution in [0.15, 0.2) is 18.2 Å². The first kappa shape index (κ1) is 11.6. The molecule has 4 heteroatoms. The van der Waals surface area contributed by atoms with E-state index in [2.05, 4.69) is 11.2 Å². The van der Waals surface area contributed by atoms with Gasteiger partial charge < -0.3 is 5.11 Å². The van der Waals surface area contributed by atoms with Gasteiger partial charge in [0.05, 0.1) is 11.2 Å². The van der Waals surface area contributed by atoms with E-state index in [0.29, 0.717) is 6.42 Å². The van der Waals surface area contributed by atoms with Crippen LogP contribution < -0.4 is 0 Å². The van der Waals surface area contributed by atoms with Crippen molar-refractivity contribution >= 4 is 16.9 Å². The molecule has 2 rings (SSSR count).